The monoisotopic (exact) mass is 490 g/mol. The molecule has 0 unspecified atom stereocenters. The molecule has 1 aromatic heterocycles. The largest absolute Gasteiger partial charge is 0.321 e. The lowest BCUT2D eigenvalue weighted by Gasteiger charge is -2.10. The zero-order valence-corrected chi connectivity index (χ0v) is 18.4. The summed E-state index contributed by atoms with van der Waals surface area (Å²) < 4.78 is 0. The fourth-order valence-corrected chi connectivity index (χ4v) is 3.80. The minimum absolute atomic E-state index is 0.0808. The molecule has 0 bridgehead atoms. The van der Waals surface area contributed by atoms with Crippen LogP contribution in [0.3, 0.4) is 0 Å². The fourth-order valence-electron chi connectivity index (χ4n) is 3.06. The van der Waals surface area contributed by atoms with Crippen molar-refractivity contribution in [2.45, 2.75) is 0 Å². The number of rotatable bonds is 7. The highest BCUT2D eigenvalue weighted by Crippen LogP contribution is 2.27. The van der Waals surface area contributed by atoms with Crippen LogP contribution in [0, 0.1) is 20.2 Å². The van der Waals surface area contributed by atoms with E-state index in [2.05, 4.69) is 20.8 Å². The number of nitrogens with zero attached hydrogens (tertiary/aromatic N) is 4. The van der Waals surface area contributed by atoms with Gasteiger partial charge in [-0.2, -0.15) is 0 Å². The van der Waals surface area contributed by atoms with Crippen molar-refractivity contribution in [1.82, 2.24) is 10.2 Å². The van der Waals surface area contributed by atoms with Crippen LogP contribution in [0.1, 0.15) is 20.7 Å². The van der Waals surface area contributed by atoms with Crippen molar-refractivity contribution >= 4 is 45.3 Å². The van der Waals surface area contributed by atoms with E-state index in [4.69, 9.17) is 0 Å². The average molecular weight is 490 g/mol. The van der Waals surface area contributed by atoms with E-state index in [-0.39, 0.29) is 21.9 Å². The number of benzene rings is 3. The highest BCUT2D eigenvalue weighted by Gasteiger charge is 2.21. The molecule has 35 heavy (non-hydrogen) atoms. The molecule has 0 radical (unpaired) electrons. The van der Waals surface area contributed by atoms with Crippen molar-refractivity contribution in [2.75, 3.05) is 10.6 Å². The number of carbonyl (C=O) groups excluding carboxylic acids is 2. The first-order valence-corrected chi connectivity index (χ1v) is 10.7. The van der Waals surface area contributed by atoms with Gasteiger partial charge in [0, 0.05) is 17.7 Å². The van der Waals surface area contributed by atoms with Crippen LogP contribution >= 0.6 is 11.3 Å². The quantitative estimate of drug-likeness (QED) is 0.281. The third-order valence-electron chi connectivity index (χ3n) is 4.67. The minimum Gasteiger partial charge on any atom is -0.321 e. The van der Waals surface area contributed by atoms with Crippen molar-refractivity contribution in [1.29, 1.82) is 0 Å². The normalized spacial score (nSPS) is 10.4. The Bertz CT molecular complexity index is 1420. The van der Waals surface area contributed by atoms with Gasteiger partial charge in [0.05, 0.1) is 32.7 Å². The van der Waals surface area contributed by atoms with Crippen molar-refractivity contribution in [3.05, 3.63) is 104 Å². The van der Waals surface area contributed by atoms with Crippen LogP contribution in [0.25, 0.3) is 10.6 Å². The van der Waals surface area contributed by atoms with Gasteiger partial charge in [0.2, 0.25) is 5.13 Å². The minimum atomic E-state index is -0.862. The second-order valence-corrected chi connectivity index (χ2v) is 7.96. The van der Waals surface area contributed by atoms with Crippen LogP contribution in [0.4, 0.5) is 22.2 Å². The first kappa shape index (κ1) is 23.1. The summed E-state index contributed by atoms with van der Waals surface area (Å²) >= 11 is 1.16. The number of nitrogens with one attached hydrogen (secondary N) is 2. The molecular weight excluding hydrogens is 476 g/mol. The lowest BCUT2D eigenvalue weighted by atomic mass is 10.1. The molecule has 13 heteroatoms. The second kappa shape index (κ2) is 9.84. The Morgan fingerprint density at radius 1 is 0.771 bits per heavy atom. The third kappa shape index (κ3) is 5.31. The van der Waals surface area contributed by atoms with Crippen molar-refractivity contribution < 1.29 is 19.4 Å². The Balaban J connectivity index is 1.55. The van der Waals surface area contributed by atoms with Crippen molar-refractivity contribution in [3.63, 3.8) is 0 Å². The second-order valence-electron chi connectivity index (χ2n) is 6.98. The molecule has 4 rings (SSSR count). The summed E-state index contributed by atoms with van der Waals surface area (Å²) in [4.78, 5) is 46.2. The molecule has 0 saturated heterocycles. The zero-order chi connectivity index (χ0) is 24.9. The summed E-state index contributed by atoms with van der Waals surface area (Å²) in [6.45, 7) is 0. The van der Waals surface area contributed by atoms with E-state index in [9.17, 15) is 29.8 Å². The highest BCUT2D eigenvalue weighted by atomic mass is 32.1. The number of hydrogen-bond acceptors (Lipinski definition) is 9. The molecule has 0 spiro atoms. The van der Waals surface area contributed by atoms with Crippen LogP contribution in [0.2, 0.25) is 0 Å². The van der Waals surface area contributed by atoms with Gasteiger partial charge in [-0.05, 0) is 12.1 Å². The van der Waals surface area contributed by atoms with Gasteiger partial charge in [-0.15, -0.1) is 10.2 Å². The number of amides is 2. The molecule has 0 saturated carbocycles. The number of nitro groups is 2. The zero-order valence-electron chi connectivity index (χ0n) is 17.6. The Hall–Kier alpha value is -5.04. The van der Waals surface area contributed by atoms with E-state index in [1.165, 1.54) is 12.1 Å². The molecular formula is C22H14N6O6S. The van der Waals surface area contributed by atoms with Crippen LogP contribution in [0.15, 0.2) is 72.8 Å². The molecule has 0 aliphatic carbocycles. The van der Waals surface area contributed by atoms with E-state index >= 15 is 0 Å². The predicted octanol–water partition coefficient (Wildman–Crippen LogP) is 4.53. The molecule has 0 fully saturated rings. The Morgan fingerprint density at radius 2 is 1.40 bits per heavy atom. The first-order chi connectivity index (χ1) is 16.8. The molecule has 3 aromatic carbocycles. The van der Waals surface area contributed by atoms with Gasteiger partial charge < -0.3 is 5.32 Å². The summed E-state index contributed by atoms with van der Waals surface area (Å²) in [5.74, 6) is -1.44. The summed E-state index contributed by atoms with van der Waals surface area (Å²) in [6.07, 6.45) is 0. The van der Waals surface area contributed by atoms with E-state index < -0.39 is 33.0 Å². The fraction of sp³-hybridized carbons (Fsp3) is 0. The maximum Gasteiger partial charge on any atom is 0.277 e. The van der Waals surface area contributed by atoms with Crippen molar-refractivity contribution in [3.8, 4) is 10.6 Å². The van der Waals surface area contributed by atoms with Gasteiger partial charge in [-0.3, -0.25) is 35.1 Å². The van der Waals surface area contributed by atoms with Gasteiger partial charge in [0.25, 0.3) is 23.2 Å². The lowest BCUT2D eigenvalue weighted by molar-refractivity contribution is -0.394. The molecule has 2 N–H and O–H groups in total. The SMILES string of the molecule is O=C(Nc1ccccc1C(=O)Nc1nnc(-c2ccccc2)s1)c1cc([N+](=O)[O-])cc([N+](=O)[O-])c1. The Labute approximate surface area is 200 Å². The molecule has 1 heterocycles. The number of non-ortho nitro benzene ring substituents is 2. The van der Waals surface area contributed by atoms with Crippen LogP contribution < -0.4 is 10.6 Å². The van der Waals surface area contributed by atoms with E-state index in [0.29, 0.717) is 5.01 Å². The molecule has 174 valence electrons. The standard InChI is InChI=1S/C22H14N6O6S/c29-19(14-10-15(27(31)32)12-16(11-14)28(33)34)23-18-9-5-4-8-17(18)20(30)24-22-26-25-21(35-22)13-6-2-1-3-7-13/h1-12H,(H,23,29)(H,24,26,30). The van der Waals surface area contributed by atoms with Gasteiger partial charge in [-0.25, -0.2) is 0 Å². The molecule has 0 atom stereocenters. The molecule has 2 amide bonds. The number of carbonyl (C=O) groups is 2. The number of hydrogen-bond donors (Lipinski definition) is 2. The summed E-state index contributed by atoms with van der Waals surface area (Å²) in [5, 5.41) is 36.2. The third-order valence-corrected chi connectivity index (χ3v) is 5.56. The summed E-state index contributed by atoms with van der Waals surface area (Å²) in [6, 6.07) is 17.9. The van der Waals surface area contributed by atoms with Gasteiger partial charge in [0.1, 0.15) is 5.01 Å². The van der Waals surface area contributed by atoms with Gasteiger partial charge in [-0.1, -0.05) is 53.8 Å². The van der Waals surface area contributed by atoms with Crippen LogP contribution in [0.5, 0.6) is 0 Å². The van der Waals surface area contributed by atoms with Crippen LogP contribution in [-0.4, -0.2) is 31.9 Å². The Morgan fingerprint density at radius 3 is 2.06 bits per heavy atom. The molecule has 12 nitrogen and oxygen atoms in total. The number of anilines is 2. The number of aromatic nitrogens is 2. The van der Waals surface area contributed by atoms with E-state index in [1.54, 1.807) is 12.1 Å². The average Bonchev–Trinajstić information content (AvgIpc) is 3.33. The van der Waals surface area contributed by atoms with Crippen LogP contribution in [-0.2, 0) is 0 Å². The van der Waals surface area contributed by atoms with Gasteiger partial charge in [0.15, 0.2) is 0 Å². The topological polar surface area (TPSA) is 170 Å². The predicted molar refractivity (Wildman–Crippen MR) is 127 cm³/mol. The summed E-state index contributed by atoms with van der Waals surface area (Å²) in [5.41, 5.74) is -0.516. The number of para-hydroxylation sites is 1. The number of nitro benzene ring substituents is 2. The molecule has 0 aliphatic heterocycles. The maximum absolute atomic E-state index is 12.9. The van der Waals surface area contributed by atoms with Crippen molar-refractivity contribution in [2.24, 2.45) is 0 Å². The first-order valence-electron chi connectivity index (χ1n) is 9.86. The summed E-state index contributed by atoms with van der Waals surface area (Å²) in [7, 11) is 0. The maximum atomic E-state index is 12.9. The van der Waals surface area contributed by atoms with Gasteiger partial charge >= 0.3 is 0 Å². The smallest absolute Gasteiger partial charge is 0.277 e. The molecule has 0 aliphatic rings. The lowest BCUT2D eigenvalue weighted by Crippen LogP contribution is -2.18. The van der Waals surface area contributed by atoms with E-state index in [1.807, 2.05) is 30.3 Å². The highest BCUT2D eigenvalue weighted by molar-refractivity contribution is 7.18. The Kier molecular flexibility index (Phi) is 6.50. The van der Waals surface area contributed by atoms with E-state index in [0.717, 1.165) is 35.1 Å². The molecule has 4 aromatic rings.